The van der Waals surface area contributed by atoms with Gasteiger partial charge in [-0.1, -0.05) is 6.07 Å². The molecule has 118 valence electrons. The molecule has 8 heteroatoms. The maximum Gasteiger partial charge on any atom is 0.354 e. The maximum atomic E-state index is 11.5. The van der Waals surface area contributed by atoms with E-state index in [0.29, 0.717) is 34.2 Å². The Kier molecular flexibility index (Phi) is 3.27. The number of H-pyrrole nitrogens is 1. The van der Waals surface area contributed by atoms with Crippen molar-refractivity contribution in [1.29, 1.82) is 0 Å². The summed E-state index contributed by atoms with van der Waals surface area (Å²) in [6, 6.07) is 5.53. The molecule has 0 atom stereocenters. The Bertz CT molecular complexity index is 1040. The molecule has 0 bridgehead atoms. The van der Waals surface area contributed by atoms with Gasteiger partial charge in [0.05, 0.1) is 10.9 Å². The van der Waals surface area contributed by atoms with Crippen molar-refractivity contribution in [1.82, 2.24) is 25.1 Å². The molecule has 0 aliphatic heterocycles. The van der Waals surface area contributed by atoms with Crippen LogP contribution in [0.15, 0.2) is 43.0 Å². The molecular weight excluding hydrogens is 308 g/mol. The molecule has 0 fully saturated rings. The largest absolute Gasteiger partial charge is 0.477 e. The van der Waals surface area contributed by atoms with Gasteiger partial charge in [0.25, 0.3) is 0 Å². The minimum Gasteiger partial charge on any atom is -0.477 e. The molecule has 0 aromatic carbocycles. The van der Waals surface area contributed by atoms with Crippen molar-refractivity contribution in [2.24, 2.45) is 0 Å². The van der Waals surface area contributed by atoms with Crippen molar-refractivity contribution in [3.05, 3.63) is 54.2 Å². The van der Waals surface area contributed by atoms with E-state index in [9.17, 15) is 9.90 Å². The van der Waals surface area contributed by atoms with Crippen LogP contribution in [-0.4, -0.2) is 36.2 Å². The monoisotopic (exact) mass is 320 g/mol. The smallest absolute Gasteiger partial charge is 0.354 e. The van der Waals surface area contributed by atoms with Crippen LogP contribution in [-0.2, 0) is 6.54 Å². The first-order valence-electron chi connectivity index (χ1n) is 7.22. The highest BCUT2D eigenvalue weighted by atomic mass is 16.4. The predicted molar refractivity (Wildman–Crippen MR) is 87.7 cm³/mol. The molecule has 4 rings (SSSR count). The molecule has 0 aliphatic rings. The van der Waals surface area contributed by atoms with Gasteiger partial charge in [-0.15, -0.1) is 0 Å². The van der Waals surface area contributed by atoms with Gasteiger partial charge in [0.1, 0.15) is 11.3 Å². The van der Waals surface area contributed by atoms with Crippen LogP contribution in [0.2, 0.25) is 0 Å². The minimum atomic E-state index is -1.09. The molecule has 4 aromatic rings. The van der Waals surface area contributed by atoms with E-state index in [2.05, 4.69) is 30.5 Å². The molecule has 3 N–H and O–H groups in total. The van der Waals surface area contributed by atoms with Crippen LogP contribution in [0.25, 0.3) is 21.8 Å². The van der Waals surface area contributed by atoms with Crippen molar-refractivity contribution < 1.29 is 9.90 Å². The van der Waals surface area contributed by atoms with Crippen molar-refractivity contribution in [2.75, 3.05) is 5.32 Å². The molecule has 0 saturated heterocycles. The van der Waals surface area contributed by atoms with Crippen LogP contribution in [0.5, 0.6) is 0 Å². The molecular formula is C16H12N6O2. The zero-order chi connectivity index (χ0) is 16.5. The van der Waals surface area contributed by atoms with E-state index in [4.69, 9.17) is 0 Å². The van der Waals surface area contributed by atoms with E-state index in [1.54, 1.807) is 30.9 Å². The fourth-order valence-corrected chi connectivity index (χ4v) is 2.58. The summed E-state index contributed by atoms with van der Waals surface area (Å²) in [5.74, 6) is -0.634. The SMILES string of the molecule is O=C(O)c1[nH]nc2c1c(NCc1cccnc1)nc1ccncc12. The van der Waals surface area contributed by atoms with Gasteiger partial charge in [-0.2, -0.15) is 5.10 Å². The molecule has 4 aromatic heterocycles. The first-order chi connectivity index (χ1) is 11.7. The first kappa shape index (κ1) is 14.1. The molecule has 24 heavy (non-hydrogen) atoms. The average molecular weight is 320 g/mol. The Morgan fingerprint density at radius 3 is 2.88 bits per heavy atom. The quantitative estimate of drug-likeness (QED) is 0.527. The fourth-order valence-electron chi connectivity index (χ4n) is 2.58. The summed E-state index contributed by atoms with van der Waals surface area (Å²) in [5.41, 5.74) is 2.17. The summed E-state index contributed by atoms with van der Waals surface area (Å²) in [6.07, 6.45) is 6.70. The van der Waals surface area contributed by atoms with E-state index >= 15 is 0 Å². The summed E-state index contributed by atoms with van der Waals surface area (Å²) < 4.78 is 0. The molecule has 0 aliphatic carbocycles. The Morgan fingerprint density at radius 2 is 2.08 bits per heavy atom. The minimum absolute atomic E-state index is 0.00283. The van der Waals surface area contributed by atoms with Crippen LogP contribution in [0.4, 0.5) is 5.82 Å². The number of nitrogens with one attached hydrogen (secondary N) is 2. The van der Waals surface area contributed by atoms with Crippen LogP contribution < -0.4 is 5.32 Å². The highest BCUT2D eigenvalue weighted by Crippen LogP contribution is 2.30. The molecule has 0 saturated carbocycles. The number of anilines is 1. The normalized spacial score (nSPS) is 11.0. The number of fused-ring (bicyclic) bond motifs is 3. The number of hydrogen-bond acceptors (Lipinski definition) is 6. The van der Waals surface area contributed by atoms with Gasteiger partial charge < -0.3 is 10.4 Å². The maximum absolute atomic E-state index is 11.5. The molecule has 0 spiro atoms. The molecule has 8 nitrogen and oxygen atoms in total. The second-order valence-corrected chi connectivity index (χ2v) is 5.20. The molecule has 0 amide bonds. The van der Waals surface area contributed by atoms with Crippen LogP contribution in [0.3, 0.4) is 0 Å². The van der Waals surface area contributed by atoms with Crippen molar-refractivity contribution >= 4 is 33.6 Å². The number of hydrogen-bond donors (Lipinski definition) is 3. The number of nitrogens with zero attached hydrogens (tertiary/aromatic N) is 4. The predicted octanol–water partition coefficient (Wildman–Crippen LogP) is 2.21. The third kappa shape index (κ3) is 2.30. The standard InChI is InChI=1S/C16H12N6O2/c23-16(24)14-12-13(21-22-14)10-8-18-5-3-11(10)20-15(12)19-7-9-2-1-4-17-6-9/h1-6,8H,7H2,(H,19,20)(H,21,22)(H,23,24). The van der Waals surface area contributed by atoms with Gasteiger partial charge in [-0.3, -0.25) is 15.1 Å². The van der Waals surface area contributed by atoms with Crippen molar-refractivity contribution in [3.8, 4) is 0 Å². The number of aromatic nitrogens is 5. The van der Waals surface area contributed by atoms with Crippen LogP contribution in [0.1, 0.15) is 16.1 Å². The lowest BCUT2D eigenvalue weighted by atomic mass is 10.1. The Balaban J connectivity index is 1.87. The van der Waals surface area contributed by atoms with E-state index in [0.717, 1.165) is 5.56 Å². The number of carboxylic acid groups (broad SMARTS) is 1. The number of carbonyl (C=O) groups is 1. The van der Waals surface area contributed by atoms with Gasteiger partial charge in [0, 0.05) is 36.7 Å². The van der Waals surface area contributed by atoms with Gasteiger partial charge in [0.15, 0.2) is 5.69 Å². The fraction of sp³-hybridized carbons (Fsp3) is 0.0625. The number of pyridine rings is 3. The second kappa shape index (κ2) is 5.58. The Morgan fingerprint density at radius 1 is 1.21 bits per heavy atom. The third-order valence-corrected chi connectivity index (χ3v) is 3.69. The zero-order valence-corrected chi connectivity index (χ0v) is 12.4. The zero-order valence-electron chi connectivity index (χ0n) is 12.4. The number of carboxylic acids is 1. The number of aromatic carboxylic acids is 1. The van der Waals surface area contributed by atoms with Gasteiger partial charge >= 0.3 is 5.97 Å². The summed E-state index contributed by atoms with van der Waals surface area (Å²) in [7, 11) is 0. The van der Waals surface area contributed by atoms with Gasteiger partial charge in [-0.05, 0) is 17.7 Å². The molecule has 0 unspecified atom stereocenters. The molecule has 0 radical (unpaired) electrons. The van der Waals surface area contributed by atoms with Crippen LogP contribution in [0, 0.1) is 0 Å². The van der Waals surface area contributed by atoms with Crippen molar-refractivity contribution in [2.45, 2.75) is 6.54 Å². The molecule has 4 heterocycles. The number of aromatic amines is 1. The summed E-state index contributed by atoms with van der Waals surface area (Å²) in [6.45, 7) is 0.469. The van der Waals surface area contributed by atoms with E-state index in [1.807, 2.05) is 12.1 Å². The lowest BCUT2D eigenvalue weighted by Gasteiger charge is -2.09. The second-order valence-electron chi connectivity index (χ2n) is 5.20. The Labute approximate surface area is 135 Å². The lowest BCUT2D eigenvalue weighted by Crippen LogP contribution is -2.05. The summed E-state index contributed by atoms with van der Waals surface area (Å²) in [4.78, 5) is 24.2. The first-order valence-corrected chi connectivity index (χ1v) is 7.22. The lowest BCUT2D eigenvalue weighted by molar-refractivity contribution is 0.0692. The van der Waals surface area contributed by atoms with Crippen LogP contribution >= 0.6 is 0 Å². The Hall–Kier alpha value is -3.55. The van der Waals surface area contributed by atoms with E-state index in [-0.39, 0.29) is 5.69 Å². The summed E-state index contributed by atoms with van der Waals surface area (Å²) in [5, 5.41) is 20.4. The van der Waals surface area contributed by atoms with Gasteiger partial charge in [0.2, 0.25) is 0 Å². The van der Waals surface area contributed by atoms with Crippen molar-refractivity contribution in [3.63, 3.8) is 0 Å². The van der Waals surface area contributed by atoms with Gasteiger partial charge in [-0.25, -0.2) is 9.78 Å². The highest BCUT2D eigenvalue weighted by molar-refractivity contribution is 6.14. The topological polar surface area (TPSA) is 117 Å². The number of rotatable bonds is 4. The highest BCUT2D eigenvalue weighted by Gasteiger charge is 2.19. The van der Waals surface area contributed by atoms with E-state index < -0.39 is 5.97 Å². The van der Waals surface area contributed by atoms with E-state index in [1.165, 1.54) is 0 Å². The average Bonchev–Trinajstić information content (AvgIpc) is 3.06. The summed E-state index contributed by atoms with van der Waals surface area (Å²) >= 11 is 0. The third-order valence-electron chi connectivity index (χ3n) is 3.69.